The number of hydrogen-bond acceptors (Lipinski definition) is 5. The first-order valence-corrected chi connectivity index (χ1v) is 9.52. The second kappa shape index (κ2) is 8.38. The molecule has 0 spiro atoms. The second-order valence-corrected chi connectivity index (χ2v) is 7.74. The van der Waals surface area contributed by atoms with Crippen LogP contribution in [0.2, 0.25) is 0 Å². The summed E-state index contributed by atoms with van der Waals surface area (Å²) in [5, 5.41) is 2.47. The zero-order valence-electron chi connectivity index (χ0n) is 17.4. The van der Waals surface area contributed by atoms with E-state index in [4.69, 9.17) is 15.2 Å². The number of carbonyl (C=O) groups is 2. The van der Waals surface area contributed by atoms with Crippen LogP contribution in [0.15, 0.2) is 30.5 Å². The summed E-state index contributed by atoms with van der Waals surface area (Å²) in [7, 11) is 1.10. The first-order valence-electron chi connectivity index (χ1n) is 9.52. The van der Waals surface area contributed by atoms with Crippen LogP contribution >= 0.6 is 0 Å². The summed E-state index contributed by atoms with van der Waals surface area (Å²) in [6.07, 6.45) is -0.653. The Hall–Kier alpha value is -3.21. The third-order valence-electron chi connectivity index (χ3n) is 5.51. The van der Waals surface area contributed by atoms with Crippen molar-refractivity contribution in [3.05, 3.63) is 53.4 Å². The van der Waals surface area contributed by atoms with Gasteiger partial charge in [0, 0.05) is 30.3 Å². The minimum Gasteiger partial charge on any atom is -0.493 e. The third kappa shape index (κ3) is 4.24. The van der Waals surface area contributed by atoms with Crippen molar-refractivity contribution in [2.75, 3.05) is 12.4 Å². The van der Waals surface area contributed by atoms with Crippen molar-refractivity contribution in [2.45, 2.75) is 43.8 Å². The van der Waals surface area contributed by atoms with E-state index >= 15 is 0 Å². The Bertz CT molecular complexity index is 1060. The van der Waals surface area contributed by atoms with Gasteiger partial charge in [0.05, 0.1) is 7.11 Å². The molecule has 172 valence electrons. The van der Waals surface area contributed by atoms with Gasteiger partial charge in [0.15, 0.2) is 11.6 Å². The molecule has 7 nitrogen and oxygen atoms in total. The number of pyridine rings is 1. The number of amides is 2. The highest BCUT2D eigenvalue weighted by molar-refractivity contribution is 5.97. The van der Waals surface area contributed by atoms with Gasteiger partial charge in [-0.15, -0.1) is 0 Å². The molecular weight excluding hydrogens is 434 g/mol. The van der Waals surface area contributed by atoms with E-state index in [2.05, 4.69) is 10.3 Å². The standard InChI is InChI=1S/C21H21F4N3O4/c1-20(21(2,24)25)9-12(11-4-5-13(22)15(23)16(11)31-3)17(32-20)19(30)28-10-6-7-27-14(8-10)18(26)29/h4-8,12,17H,9H2,1-3H3,(H2,26,29)(H,27,28,30)/t12-,17-,20+/m0/s1. The number of alkyl halides is 2. The van der Waals surface area contributed by atoms with E-state index in [1.54, 1.807) is 0 Å². The van der Waals surface area contributed by atoms with Crippen LogP contribution in [0.1, 0.15) is 42.2 Å². The lowest BCUT2D eigenvalue weighted by atomic mass is 9.84. The number of nitrogens with zero attached hydrogens (tertiary/aromatic N) is 1. The number of nitrogens with one attached hydrogen (secondary N) is 1. The largest absolute Gasteiger partial charge is 0.493 e. The highest BCUT2D eigenvalue weighted by Gasteiger charge is 2.58. The third-order valence-corrected chi connectivity index (χ3v) is 5.51. The van der Waals surface area contributed by atoms with E-state index < -0.39 is 52.7 Å². The average molecular weight is 455 g/mol. The fourth-order valence-electron chi connectivity index (χ4n) is 3.63. The summed E-state index contributed by atoms with van der Waals surface area (Å²) < 4.78 is 67.2. The van der Waals surface area contributed by atoms with Crippen LogP contribution in [0.25, 0.3) is 0 Å². The quantitative estimate of drug-likeness (QED) is 0.650. The normalized spacial score (nSPS) is 23.1. The number of halogens is 4. The van der Waals surface area contributed by atoms with Crippen molar-refractivity contribution in [1.82, 2.24) is 4.98 Å². The Morgan fingerprint density at radius 2 is 2.00 bits per heavy atom. The van der Waals surface area contributed by atoms with Crippen LogP contribution in [-0.4, -0.2) is 41.5 Å². The maximum absolute atomic E-state index is 14.4. The topological polar surface area (TPSA) is 104 Å². The maximum atomic E-state index is 14.4. The molecule has 1 aliphatic heterocycles. The van der Waals surface area contributed by atoms with Crippen LogP contribution in [0.5, 0.6) is 5.75 Å². The fraction of sp³-hybridized carbons (Fsp3) is 0.381. The number of nitrogens with two attached hydrogens (primary N) is 1. The summed E-state index contributed by atoms with van der Waals surface area (Å²) in [5.41, 5.74) is 3.10. The lowest BCUT2D eigenvalue weighted by molar-refractivity contribution is -0.184. The number of aromatic nitrogens is 1. The van der Waals surface area contributed by atoms with Crippen LogP contribution in [0.3, 0.4) is 0 Å². The molecule has 0 saturated carbocycles. The van der Waals surface area contributed by atoms with Crippen molar-refractivity contribution >= 4 is 17.5 Å². The van der Waals surface area contributed by atoms with Gasteiger partial charge in [-0.1, -0.05) is 6.07 Å². The molecule has 0 aliphatic carbocycles. The van der Waals surface area contributed by atoms with Gasteiger partial charge in [0.2, 0.25) is 5.82 Å². The zero-order valence-corrected chi connectivity index (χ0v) is 17.4. The summed E-state index contributed by atoms with van der Waals surface area (Å²) in [6.45, 7) is 1.78. The SMILES string of the molecule is COc1c([C@@H]2C[C@](C)(C(C)(F)F)O[C@@H]2C(=O)Nc2ccnc(C(N)=O)c2)ccc(F)c1F. The Balaban J connectivity index is 2.01. The number of benzene rings is 1. The zero-order chi connectivity index (χ0) is 23.8. The molecule has 3 rings (SSSR count). The molecule has 3 N–H and O–H groups in total. The van der Waals surface area contributed by atoms with Crippen LogP contribution in [-0.2, 0) is 9.53 Å². The fourth-order valence-corrected chi connectivity index (χ4v) is 3.63. The van der Waals surface area contributed by atoms with Crippen molar-refractivity contribution in [2.24, 2.45) is 5.73 Å². The number of ether oxygens (including phenoxy) is 2. The molecule has 2 aromatic rings. The van der Waals surface area contributed by atoms with E-state index in [0.29, 0.717) is 6.92 Å². The molecule has 0 radical (unpaired) electrons. The smallest absolute Gasteiger partial charge is 0.273 e. The first-order chi connectivity index (χ1) is 14.9. The van der Waals surface area contributed by atoms with Gasteiger partial charge < -0.3 is 20.5 Å². The van der Waals surface area contributed by atoms with Gasteiger partial charge in [0.1, 0.15) is 17.4 Å². The summed E-state index contributed by atoms with van der Waals surface area (Å²) >= 11 is 0. The molecule has 1 aliphatic rings. The molecular formula is C21H21F4N3O4. The first kappa shape index (κ1) is 23.5. The van der Waals surface area contributed by atoms with Gasteiger partial charge in [-0.25, -0.2) is 13.2 Å². The Kier molecular flexibility index (Phi) is 6.14. The maximum Gasteiger partial charge on any atom is 0.273 e. The predicted molar refractivity (Wildman–Crippen MR) is 106 cm³/mol. The molecule has 1 aromatic heterocycles. The molecule has 1 fully saturated rings. The lowest BCUT2D eigenvalue weighted by Gasteiger charge is -2.30. The second-order valence-electron chi connectivity index (χ2n) is 7.74. The minimum atomic E-state index is -3.36. The molecule has 11 heteroatoms. The number of methoxy groups -OCH3 is 1. The van der Waals surface area contributed by atoms with Gasteiger partial charge in [-0.05, 0) is 31.5 Å². The number of primary amides is 1. The van der Waals surface area contributed by atoms with Crippen molar-refractivity contribution < 1.29 is 36.6 Å². The summed E-state index contributed by atoms with van der Waals surface area (Å²) in [6, 6.07) is 4.56. The van der Waals surface area contributed by atoms with Gasteiger partial charge in [0.25, 0.3) is 17.7 Å². The van der Waals surface area contributed by atoms with Crippen LogP contribution in [0, 0.1) is 11.6 Å². The van der Waals surface area contributed by atoms with Crippen molar-refractivity contribution in [3.63, 3.8) is 0 Å². The van der Waals surface area contributed by atoms with Gasteiger partial charge in [-0.3, -0.25) is 14.6 Å². The monoisotopic (exact) mass is 455 g/mol. The Morgan fingerprint density at radius 1 is 1.31 bits per heavy atom. The predicted octanol–water partition coefficient (Wildman–Crippen LogP) is 3.39. The average Bonchev–Trinajstić information content (AvgIpc) is 3.09. The van der Waals surface area contributed by atoms with Gasteiger partial charge >= 0.3 is 0 Å². The molecule has 1 saturated heterocycles. The van der Waals surface area contributed by atoms with E-state index in [-0.39, 0.29) is 23.4 Å². The lowest BCUT2D eigenvalue weighted by Crippen LogP contribution is -2.44. The Morgan fingerprint density at radius 3 is 2.59 bits per heavy atom. The Labute approximate surface area is 180 Å². The number of carbonyl (C=O) groups excluding carboxylic acids is 2. The van der Waals surface area contributed by atoms with Crippen LogP contribution < -0.4 is 15.8 Å². The number of rotatable bonds is 6. The summed E-state index contributed by atoms with van der Waals surface area (Å²) in [4.78, 5) is 28.1. The molecule has 1 aromatic carbocycles. The van der Waals surface area contributed by atoms with Gasteiger partial charge in [-0.2, -0.15) is 4.39 Å². The molecule has 2 heterocycles. The molecule has 32 heavy (non-hydrogen) atoms. The van der Waals surface area contributed by atoms with E-state index in [9.17, 15) is 27.2 Å². The summed E-state index contributed by atoms with van der Waals surface area (Å²) in [5.74, 6) is -9.11. The van der Waals surface area contributed by atoms with E-state index in [1.807, 2.05) is 0 Å². The molecule has 3 atom stereocenters. The minimum absolute atomic E-state index is 0.00655. The van der Waals surface area contributed by atoms with E-state index in [0.717, 1.165) is 20.1 Å². The molecule has 2 amide bonds. The van der Waals surface area contributed by atoms with E-state index in [1.165, 1.54) is 24.4 Å². The highest BCUT2D eigenvalue weighted by atomic mass is 19.3. The number of anilines is 1. The molecule has 0 unspecified atom stereocenters. The highest BCUT2D eigenvalue weighted by Crippen LogP contribution is 2.50. The number of hydrogen-bond donors (Lipinski definition) is 2. The van der Waals surface area contributed by atoms with Crippen LogP contribution in [0.4, 0.5) is 23.2 Å². The molecule has 0 bridgehead atoms. The van der Waals surface area contributed by atoms with Crippen molar-refractivity contribution in [3.8, 4) is 5.75 Å². The van der Waals surface area contributed by atoms with Crippen molar-refractivity contribution in [1.29, 1.82) is 0 Å².